The van der Waals surface area contributed by atoms with Gasteiger partial charge in [0.1, 0.15) is 0 Å². The molecule has 0 saturated heterocycles. The zero-order valence-corrected chi connectivity index (χ0v) is 10.2. The highest BCUT2D eigenvalue weighted by molar-refractivity contribution is 8.00. The molecule has 0 bridgehead atoms. The smallest absolute Gasteiger partial charge is 0.313 e. The van der Waals surface area contributed by atoms with E-state index in [1.54, 1.807) is 12.4 Å². The Morgan fingerprint density at radius 1 is 1.41 bits per heavy atom. The second-order valence-electron chi connectivity index (χ2n) is 3.46. The summed E-state index contributed by atoms with van der Waals surface area (Å²) in [5.41, 5.74) is 0.969. The molecule has 1 rings (SSSR count). The molecule has 0 spiro atoms. The third kappa shape index (κ3) is 5.35. The van der Waals surface area contributed by atoms with Crippen molar-refractivity contribution in [3.05, 3.63) is 30.1 Å². The van der Waals surface area contributed by atoms with Gasteiger partial charge in [-0.05, 0) is 24.6 Å². The Kier molecular flexibility index (Phi) is 5.48. The number of hydrogen-bond donors (Lipinski definition) is 2. The Labute approximate surface area is 104 Å². The number of carbonyl (C=O) groups is 2. The third-order valence-electron chi connectivity index (χ3n) is 2.04. The molecule has 0 aromatic carbocycles. The van der Waals surface area contributed by atoms with Gasteiger partial charge in [0.2, 0.25) is 5.91 Å². The molecule has 0 aliphatic heterocycles. The van der Waals surface area contributed by atoms with Crippen LogP contribution in [0.15, 0.2) is 24.5 Å². The van der Waals surface area contributed by atoms with Crippen molar-refractivity contribution >= 4 is 23.6 Å². The predicted octanol–water partition coefficient (Wildman–Crippen LogP) is 1.08. The average molecular weight is 254 g/mol. The number of nitrogens with one attached hydrogen (secondary N) is 1. The second kappa shape index (κ2) is 6.90. The maximum atomic E-state index is 11.5. The van der Waals surface area contributed by atoms with Gasteiger partial charge in [-0.2, -0.15) is 0 Å². The summed E-state index contributed by atoms with van der Waals surface area (Å²) in [6.45, 7) is 1.87. The minimum atomic E-state index is -0.912. The van der Waals surface area contributed by atoms with Gasteiger partial charge in [0.05, 0.1) is 17.5 Å². The molecule has 0 aliphatic carbocycles. The van der Waals surface area contributed by atoms with Gasteiger partial charge >= 0.3 is 5.97 Å². The van der Waals surface area contributed by atoms with Crippen molar-refractivity contribution in [2.45, 2.75) is 13.0 Å². The van der Waals surface area contributed by atoms with E-state index in [0.29, 0.717) is 0 Å². The van der Waals surface area contributed by atoms with Crippen molar-refractivity contribution in [2.24, 2.45) is 0 Å². The highest BCUT2D eigenvalue weighted by Crippen LogP contribution is 2.10. The Morgan fingerprint density at radius 2 is 2.06 bits per heavy atom. The maximum absolute atomic E-state index is 11.5. The first-order chi connectivity index (χ1) is 8.09. The highest BCUT2D eigenvalue weighted by atomic mass is 32.2. The van der Waals surface area contributed by atoms with Crippen LogP contribution in [-0.4, -0.2) is 33.5 Å². The van der Waals surface area contributed by atoms with Crippen molar-refractivity contribution in [1.82, 2.24) is 10.3 Å². The minimum absolute atomic E-state index is 0.0585. The fraction of sp³-hybridized carbons (Fsp3) is 0.364. The van der Waals surface area contributed by atoms with E-state index in [1.165, 1.54) is 0 Å². The number of thioether (sulfide) groups is 1. The van der Waals surface area contributed by atoms with Crippen molar-refractivity contribution < 1.29 is 14.7 Å². The first-order valence-electron chi connectivity index (χ1n) is 5.08. The van der Waals surface area contributed by atoms with Gasteiger partial charge in [0.15, 0.2) is 0 Å². The van der Waals surface area contributed by atoms with Crippen LogP contribution in [0, 0.1) is 0 Å². The molecule has 2 N–H and O–H groups in total. The van der Waals surface area contributed by atoms with E-state index >= 15 is 0 Å². The summed E-state index contributed by atoms with van der Waals surface area (Å²) in [7, 11) is 0. The summed E-state index contributed by atoms with van der Waals surface area (Å²) >= 11 is 1.08. The normalized spacial score (nSPS) is 11.8. The molecular formula is C11H14N2O3S. The van der Waals surface area contributed by atoms with E-state index in [1.807, 2.05) is 19.1 Å². The summed E-state index contributed by atoms with van der Waals surface area (Å²) in [6.07, 6.45) is 3.33. The van der Waals surface area contributed by atoms with Crippen molar-refractivity contribution in [3.63, 3.8) is 0 Å². The van der Waals surface area contributed by atoms with Gasteiger partial charge < -0.3 is 10.4 Å². The lowest BCUT2D eigenvalue weighted by Crippen LogP contribution is -2.28. The highest BCUT2D eigenvalue weighted by Gasteiger charge is 2.09. The molecule has 0 unspecified atom stereocenters. The van der Waals surface area contributed by atoms with E-state index in [-0.39, 0.29) is 23.5 Å². The monoisotopic (exact) mass is 254 g/mol. The molecule has 1 heterocycles. The zero-order valence-electron chi connectivity index (χ0n) is 9.42. The quantitative estimate of drug-likeness (QED) is 0.794. The standard InChI is InChI=1S/C11H14N2O3S/c1-8(9-2-4-12-5-3-9)13-10(14)6-17-7-11(15)16/h2-5,8H,6-7H2,1H3,(H,13,14)(H,15,16)/t8-/m1/s1. The van der Waals surface area contributed by atoms with Gasteiger partial charge in [-0.25, -0.2) is 0 Å². The summed E-state index contributed by atoms with van der Waals surface area (Å²) in [4.78, 5) is 25.6. The van der Waals surface area contributed by atoms with Crippen molar-refractivity contribution in [3.8, 4) is 0 Å². The van der Waals surface area contributed by atoms with Crippen molar-refractivity contribution in [1.29, 1.82) is 0 Å². The number of carboxylic acids is 1. The number of nitrogens with zero attached hydrogens (tertiary/aromatic N) is 1. The van der Waals surface area contributed by atoms with E-state index in [0.717, 1.165) is 17.3 Å². The fourth-order valence-corrected chi connectivity index (χ4v) is 1.80. The van der Waals surface area contributed by atoms with Crippen LogP contribution in [0.25, 0.3) is 0 Å². The maximum Gasteiger partial charge on any atom is 0.313 e. The summed E-state index contributed by atoms with van der Waals surface area (Å²) in [5, 5.41) is 11.2. The molecule has 6 heteroatoms. The average Bonchev–Trinajstić information content (AvgIpc) is 2.29. The molecule has 1 aromatic heterocycles. The molecule has 0 radical (unpaired) electrons. The molecule has 17 heavy (non-hydrogen) atoms. The Hall–Kier alpha value is -1.56. The van der Waals surface area contributed by atoms with Crippen molar-refractivity contribution in [2.75, 3.05) is 11.5 Å². The SMILES string of the molecule is C[C@@H](NC(=O)CSCC(=O)O)c1ccncc1. The van der Waals surface area contributed by atoms with Gasteiger partial charge in [-0.1, -0.05) is 0 Å². The predicted molar refractivity (Wildman–Crippen MR) is 65.8 cm³/mol. The molecule has 1 atom stereocenters. The second-order valence-corrected chi connectivity index (χ2v) is 4.44. The molecule has 1 amide bonds. The first-order valence-corrected chi connectivity index (χ1v) is 6.24. The third-order valence-corrected chi connectivity index (χ3v) is 2.96. The molecule has 0 aliphatic rings. The molecule has 0 fully saturated rings. The van der Waals surface area contributed by atoms with Crippen LogP contribution < -0.4 is 5.32 Å². The number of aliphatic carboxylic acids is 1. The van der Waals surface area contributed by atoms with Gasteiger partial charge in [0, 0.05) is 12.4 Å². The fourth-order valence-electron chi connectivity index (χ4n) is 1.25. The van der Waals surface area contributed by atoms with E-state index < -0.39 is 5.97 Å². The molecule has 1 aromatic rings. The summed E-state index contributed by atoms with van der Waals surface area (Å²) in [6, 6.07) is 3.56. The lowest BCUT2D eigenvalue weighted by atomic mass is 10.1. The largest absolute Gasteiger partial charge is 0.481 e. The molecule has 0 saturated carbocycles. The number of carbonyl (C=O) groups excluding carboxylic acids is 1. The number of hydrogen-bond acceptors (Lipinski definition) is 4. The van der Waals surface area contributed by atoms with Crippen LogP contribution >= 0.6 is 11.8 Å². The van der Waals surface area contributed by atoms with Crippen LogP contribution in [0.5, 0.6) is 0 Å². The van der Waals surface area contributed by atoms with Crippen LogP contribution in [0.2, 0.25) is 0 Å². The Balaban J connectivity index is 2.34. The Bertz CT molecular complexity index is 384. The van der Waals surface area contributed by atoms with Crippen LogP contribution in [0.1, 0.15) is 18.5 Å². The first kappa shape index (κ1) is 13.5. The minimum Gasteiger partial charge on any atom is -0.481 e. The van der Waals surface area contributed by atoms with Crippen LogP contribution in [0.3, 0.4) is 0 Å². The lowest BCUT2D eigenvalue weighted by molar-refractivity contribution is -0.133. The van der Waals surface area contributed by atoms with E-state index in [2.05, 4.69) is 10.3 Å². The number of rotatable bonds is 6. The zero-order chi connectivity index (χ0) is 12.7. The van der Waals surface area contributed by atoms with Gasteiger partial charge in [-0.15, -0.1) is 11.8 Å². The molecular weight excluding hydrogens is 240 g/mol. The lowest BCUT2D eigenvalue weighted by Gasteiger charge is -2.13. The van der Waals surface area contributed by atoms with E-state index in [9.17, 15) is 9.59 Å². The number of pyridine rings is 1. The van der Waals surface area contributed by atoms with Crippen LogP contribution in [0.4, 0.5) is 0 Å². The number of carboxylic acid groups (broad SMARTS) is 1. The number of aromatic nitrogens is 1. The number of amides is 1. The van der Waals surface area contributed by atoms with Crippen LogP contribution in [-0.2, 0) is 9.59 Å². The molecule has 92 valence electrons. The van der Waals surface area contributed by atoms with Gasteiger partial charge in [-0.3, -0.25) is 14.6 Å². The van der Waals surface area contributed by atoms with E-state index in [4.69, 9.17) is 5.11 Å². The topological polar surface area (TPSA) is 79.3 Å². The summed E-state index contributed by atoms with van der Waals surface area (Å²) in [5.74, 6) is -0.982. The Morgan fingerprint density at radius 3 is 2.65 bits per heavy atom. The molecule has 5 nitrogen and oxygen atoms in total. The summed E-state index contributed by atoms with van der Waals surface area (Å²) < 4.78 is 0. The van der Waals surface area contributed by atoms with Gasteiger partial charge in [0.25, 0.3) is 0 Å².